The number of aryl methyl sites for hydroxylation is 1. The van der Waals surface area contributed by atoms with Crippen molar-refractivity contribution in [3.63, 3.8) is 0 Å². The summed E-state index contributed by atoms with van der Waals surface area (Å²) in [7, 11) is 0. The van der Waals surface area contributed by atoms with Gasteiger partial charge in [0.15, 0.2) is 0 Å². The van der Waals surface area contributed by atoms with Crippen molar-refractivity contribution in [2.75, 3.05) is 0 Å². The Labute approximate surface area is 146 Å². The van der Waals surface area contributed by atoms with Crippen LogP contribution < -0.4 is 0 Å². The molecule has 0 aliphatic heterocycles. The Morgan fingerprint density at radius 1 is 0.792 bits per heavy atom. The minimum absolute atomic E-state index is 1.09. The van der Waals surface area contributed by atoms with Gasteiger partial charge in [-0.2, -0.15) is 5.26 Å². The first-order valence-electron chi connectivity index (χ1n) is 7.73. The summed E-state index contributed by atoms with van der Waals surface area (Å²) in [6, 6.07) is 18.0. The molecule has 0 fully saturated rings. The highest BCUT2D eigenvalue weighted by Gasteiger charge is 1.92. The molecule has 2 aromatic rings. The fraction of sp³-hybridized carbons (Fsp3) is 0.0870. The smallest absolute Gasteiger partial charge is 0.0905 e. The molecule has 1 nitrogen and oxygen atoms in total. The Kier molecular flexibility index (Phi) is 11.8. The molecule has 24 heavy (non-hydrogen) atoms. The summed E-state index contributed by atoms with van der Waals surface area (Å²) in [5.41, 5.74) is 4.90. The quantitative estimate of drug-likeness (QED) is 0.586. The molecule has 0 radical (unpaired) electrons. The minimum atomic E-state index is 1.09. The maximum Gasteiger partial charge on any atom is 0.0905 e. The van der Waals surface area contributed by atoms with E-state index < -0.39 is 0 Å². The molecule has 0 aliphatic carbocycles. The molecule has 0 atom stereocenters. The van der Waals surface area contributed by atoms with Gasteiger partial charge in [0.05, 0.1) is 6.07 Å². The number of hydrogen-bond acceptors (Lipinski definition) is 1. The summed E-state index contributed by atoms with van der Waals surface area (Å²) < 4.78 is 0. The maximum atomic E-state index is 7.51. The summed E-state index contributed by atoms with van der Waals surface area (Å²) in [5, 5.41) is 7.51. The minimum Gasteiger partial charge on any atom is -0.193 e. The lowest BCUT2D eigenvalue weighted by Crippen LogP contribution is -1.83. The molecule has 1 heteroatoms. The van der Waals surface area contributed by atoms with Crippen LogP contribution in [-0.4, -0.2) is 0 Å². The second kappa shape index (κ2) is 13.5. The predicted molar refractivity (Wildman–Crippen MR) is 108 cm³/mol. The highest BCUT2D eigenvalue weighted by atomic mass is 14.2. The van der Waals surface area contributed by atoms with Crippen LogP contribution in [0.5, 0.6) is 0 Å². The number of nitriles is 1. The number of hydrogen-bond donors (Lipinski definition) is 0. The van der Waals surface area contributed by atoms with Gasteiger partial charge in [0.25, 0.3) is 0 Å². The van der Waals surface area contributed by atoms with E-state index in [0.29, 0.717) is 0 Å². The first kappa shape index (κ1) is 20.9. The molecule has 0 heterocycles. The standard InChI is InChI=1S/C10H12.C10H10.C3H3N/c2*1-3-9-7-5-6-8-10(9)4-2;1-2-3-4/h3,5-8H,1,4H2,2H3;3-8H,1-2H2;2H,1H2. The Bertz CT molecular complexity index is 675. The van der Waals surface area contributed by atoms with E-state index in [9.17, 15) is 0 Å². The SMILES string of the molecule is C=CC#N.C=Cc1ccccc1C=C.C=Cc1ccccc1CC. The Morgan fingerprint density at radius 2 is 1.17 bits per heavy atom. The molecule has 0 bridgehead atoms. The van der Waals surface area contributed by atoms with E-state index in [1.54, 1.807) is 6.07 Å². The highest BCUT2D eigenvalue weighted by molar-refractivity contribution is 5.63. The third-order valence-corrected chi connectivity index (χ3v) is 3.18. The molecule has 0 aliphatic rings. The zero-order valence-corrected chi connectivity index (χ0v) is 14.4. The zero-order valence-electron chi connectivity index (χ0n) is 14.4. The van der Waals surface area contributed by atoms with Crippen LogP contribution in [0.2, 0.25) is 0 Å². The van der Waals surface area contributed by atoms with E-state index in [1.807, 2.05) is 48.6 Å². The van der Waals surface area contributed by atoms with Crippen LogP contribution in [0.1, 0.15) is 29.2 Å². The van der Waals surface area contributed by atoms with Gasteiger partial charge in [-0.15, -0.1) is 0 Å². The van der Waals surface area contributed by atoms with Crippen LogP contribution in [0.15, 0.2) is 80.9 Å². The number of nitrogens with zero attached hydrogens (tertiary/aromatic N) is 1. The largest absolute Gasteiger partial charge is 0.193 e. The van der Waals surface area contributed by atoms with Crippen molar-refractivity contribution in [1.29, 1.82) is 5.26 Å². The molecular weight excluding hydrogens is 290 g/mol. The fourth-order valence-corrected chi connectivity index (χ4v) is 1.94. The molecular formula is C23H25N. The molecule has 0 saturated carbocycles. The third-order valence-electron chi connectivity index (χ3n) is 3.18. The summed E-state index contributed by atoms with van der Waals surface area (Å²) in [6.07, 6.45) is 7.83. The first-order valence-corrected chi connectivity index (χ1v) is 7.73. The van der Waals surface area contributed by atoms with Crippen molar-refractivity contribution in [2.45, 2.75) is 13.3 Å². The maximum absolute atomic E-state index is 7.51. The van der Waals surface area contributed by atoms with Crippen LogP contribution >= 0.6 is 0 Å². The van der Waals surface area contributed by atoms with Gasteiger partial charge >= 0.3 is 0 Å². The van der Waals surface area contributed by atoms with Gasteiger partial charge in [0.2, 0.25) is 0 Å². The Morgan fingerprint density at radius 3 is 1.46 bits per heavy atom. The van der Waals surface area contributed by atoms with Gasteiger partial charge in [-0.3, -0.25) is 0 Å². The molecule has 2 rings (SSSR count). The topological polar surface area (TPSA) is 23.8 Å². The molecule has 0 spiro atoms. The van der Waals surface area contributed by atoms with Gasteiger partial charge in [-0.25, -0.2) is 0 Å². The third kappa shape index (κ3) is 7.77. The van der Waals surface area contributed by atoms with Gasteiger partial charge in [-0.1, -0.05) is 100.0 Å². The average molecular weight is 315 g/mol. The predicted octanol–water partition coefficient (Wildman–Crippen LogP) is 6.56. The van der Waals surface area contributed by atoms with E-state index in [1.165, 1.54) is 17.2 Å². The van der Waals surface area contributed by atoms with Crippen LogP contribution in [0.25, 0.3) is 18.2 Å². The average Bonchev–Trinajstić information content (AvgIpc) is 2.68. The van der Waals surface area contributed by atoms with Crippen molar-refractivity contribution in [1.82, 2.24) is 0 Å². The number of rotatable bonds is 4. The number of allylic oxidation sites excluding steroid dienone is 1. The van der Waals surface area contributed by atoms with E-state index >= 15 is 0 Å². The van der Waals surface area contributed by atoms with E-state index in [0.717, 1.165) is 17.5 Å². The second-order valence-corrected chi connectivity index (χ2v) is 4.63. The molecule has 0 unspecified atom stereocenters. The van der Waals surface area contributed by atoms with Crippen molar-refractivity contribution >= 4 is 18.2 Å². The lowest BCUT2D eigenvalue weighted by molar-refractivity contribution is 1.13. The normalized spacial score (nSPS) is 8.17. The molecule has 2 aromatic carbocycles. The van der Waals surface area contributed by atoms with Crippen molar-refractivity contribution in [2.24, 2.45) is 0 Å². The molecule has 0 N–H and O–H groups in total. The van der Waals surface area contributed by atoms with Crippen LogP contribution in [0.3, 0.4) is 0 Å². The summed E-state index contributed by atoms with van der Waals surface area (Å²) >= 11 is 0. The lowest BCUT2D eigenvalue weighted by Gasteiger charge is -1.99. The first-order chi connectivity index (χ1) is 11.7. The summed E-state index contributed by atoms with van der Waals surface area (Å²) in [5.74, 6) is 0. The van der Waals surface area contributed by atoms with Gasteiger partial charge in [-0.05, 0) is 28.7 Å². The monoisotopic (exact) mass is 315 g/mol. The Hall–Kier alpha value is -3.11. The summed E-state index contributed by atoms with van der Waals surface area (Å²) in [4.78, 5) is 0. The molecule has 122 valence electrons. The van der Waals surface area contributed by atoms with Crippen LogP contribution in [0, 0.1) is 11.3 Å². The number of benzene rings is 2. The van der Waals surface area contributed by atoms with Crippen LogP contribution in [0.4, 0.5) is 0 Å². The van der Waals surface area contributed by atoms with Crippen molar-refractivity contribution in [3.05, 3.63) is 103 Å². The van der Waals surface area contributed by atoms with E-state index in [2.05, 4.69) is 51.4 Å². The fourth-order valence-electron chi connectivity index (χ4n) is 1.94. The molecule has 0 aromatic heterocycles. The zero-order chi connectivity index (χ0) is 18.2. The molecule has 0 amide bonds. The second-order valence-electron chi connectivity index (χ2n) is 4.63. The highest BCUT2D eigenvalue weighted by Crippen LogP contribution is 2.10. The van der Waals surface area contributed by atoms with Gasteiger partial charge < -0.3 is 0 Å². The molecule has 0 saturated heterocycles. The van der Waals surface area contributed by atoms with Crippen molar-refractivity contribution < 1.29 is 0 Å². The lowest BCUT2D eigenvalue weighted by atomic mass is 10.1. The van der Waals surface area contributed by atoms with Gasteiger partial charge in [0, 0.05) is 6.08 Å². The van der Waals surface area contributed by atoms with Crippen molar-refractivity contribution in [3.8, 4) is 6.07 Å². The Balaban J connectivity index is 0.000000363. The van der Waals surface area contributed by atoms with Crippen LogP contribution in [-0.2, 0) is 6.42 Å². The van der Waals surface area contributed by atoms with E-state index in [-0.39, 0.29) is 0 Å². The summed E-state index contributed by atoms with van der Waals surface area (Å²) in [6.45, 7) is 16.4. The van der Waals surface area contributed by atoms with E-state index in [4.69, 9.17) is 5.26 Å². The van der Waals surface area contributed by atoms with Gasteiger partial charge in [0.1, 0.15) is 0 Å².